The third-order valence-electron chi connectivity index (χ3n) is 0.749. The van der Waals surface area contributed by atoms with Crippen LogP contribution < -0.4 is 5.73 Å². The fourth-order valence-corrected chi connectivity index (χ4v) is 0.340. The normalized spacial score (nSPS) is 9.50. The van der Waals surface area contributed by atoms with Crippen molar-refractivity contribution < 1.29 is 10.2 Å². The molecule has 0 amide bonds. The van der Waals surface area contributed by atoms with E-state index in [9.17, 15) is 0 Å². The van der Waals surface area contributed by atoms with Crippen LogP contribution in [0.1, 0.15) is 0 Å². The molecule has 0 saturated heterocycles. The van der Waals surface area contributed by atoms with E-state index in [1.807, 2.05) is 0 Å². The molecule has 0 aliphatic rings. The molecule has 0 aromatic carbocycles. The molecule has 1 rings (SSSR count). The van der Waals surface area contributed by atoms with Gasteiger partial charge in [0.15, 0.2) is 5.82 Å². The average molecular weight is 115 g/mol. The van der Waals surface area contributed by atoms with Gasteiger partial charge in [0, 0.05) is 0 Å². The summed E-state index contributed by atoms with van der Waals surface area (Å²) >= 11 is 0. The molecule has 44 valence electrons. The van der Waals surface area contributed by atoms with Gasteiger partial charge in [-0.15, -0.1) is 5.10 Å². The van der Waals surface area contributed by atoms with Crippen LogP contribution in [0.3, 0.4) is 0 Å². The van der Waals surface area contributed by atoms with Crippen molar-refractivity contribution in [3.8, 4) is 11.6 Å². The zero-order chi connectivity index (χ0) is 6.15. The Kier molecular flexibility index (Phi) is 0.768. The molecule has 8 heavy (non-hydrogen) atoms. The van der Waals surface area contributed by atoms with E-state index in [1.54, 1.807) is 0 Å². The van der Waals surface area contributed by atoms with Gasteiger partial charge in [-0.1, -0.05) is 0 Å². The molecule has 0 fully saturated rings. The second-order valence-corrected chi connectivity index (χ2v) is 1.31. The summed E-state index contributed by atoms with van der Waals surface area (Å²) in [7, 11) is 0. The zero-order valence-corrected chi connectivity index (χ0v) is 3.92. The van der Waals surface area contributed by atoms with Gasteiger partial charge < -0.3 is 15.9 Å². The highest BCUT2D eigenvalue weighted by molar-refractivity contribution is 5.49. The fourth-order valence-electron chi connectivity index (χ4n) is 0.340. The monoisotopic (exact) mass is 115 g/mol. The minimum atomic E-state index is -0.470. The molecule has 1 aromatic rings. The van der Waals surface area contributed by atoms with Crippen molar-refractivity contribution in [3.05, 3.63) is 0 Å². The Hall–Kier alpha value is -1.39. The number of rotatable bonds is 0. The van der Waals surface area contributed by atoms with Crippen LogP contribution in [0, 0.1) is 0 Å². The molecule has 5 nitrogen and oxygen atoms in total. The number of nitrogen functional groups attached to an aromatic ring is 1. The van der Waals surface area contributed by atoms with E-state index in [2.05, 4.69) is 10.2 Å². The van der Waals surface area contributed by atoms with Crippen molar-refractivity contribution in [2.75, 3.05) is 5.73 Å². The van der Waals surface area contributed by atoms with Crippen LogP contribution >= 0.6 is 0 Å². The van der Waals surface area contributed by atoms with Crippen molar-refractivity contribution >= 4 is 5.82 Å². The summed E-state index contributed by atoms with van der Waals surface area (Å²) in [6.45, 7) is 0. The molecule has 0 aliphatic heterocycles. The summed E-state index contributed by atoms with van der Waals surface area (Å²) in [6.07, 6.45) is 0. The summed E-state index contributed by atoms with van der Waals surface area (Å²) in [5.74, 6) is -0.894. The van der Waals surface area contributed by atoms with E-state index >= 15 is 0 Å². The SMILES string of the molecule is Nc1[nH]nc(O)c1O. The molecule has 0 aliphatic carbocycles. The summed E-state index contributed by atoms with van der Waals surface area (Å²) in [5.41, 5.74) is 5.01. The number of hydrogen-bond donors (Lipinski definition) is 4. The van der Waals surface area contributed by atoms with E-state index in [4.69, 9.17) is 15.9 Å². The van der Waals surface area contributed by atoms with Gasteiger partial charge in [0.2, 0.25) is 5.75 Å². The minimum Gasteiger partial charge on any atom is -0.501 e. The lowest BCUT2D eigenvalue weighted by Crippen LogP contribution is -1.82. The van der Waals surface area contributed by atoms with Gasteiger partial charge in [0.1, 0.15) is 0 Å². The predicted octanol–water partition coefficient (Wildman–Crippen LogP) is -0.597. The molecule has 0 atom stereocenters. The quantitative estimate of drug-likeness (QED) is 0.363. The highest BCUT2D eigenvalue weighted by Gasteiger charge is 2.04. The molecular weight excluding hydrogens is 110 g/mol. The van der Waals surface area contributed by atoms with Crippen LogP contribution in [-0.4, -0.2) is 20.4 Å². The number of aromatic nitrogens is 2. The van der Waals surface area contributed by atoms with Gasteiger partial charge in [-0.2, -0.15) is 0 Å². The molecule has 0 unspecified atom stereocenters. The second-order valence-electron chi connectivity index (χ2n) is 1.31. The number of nitrogens with one attached hydrogen (secondary N) is 1. The Labute approximate surface area is 44.8 Å². The molecule has 0 radical (unpaired) electrons. The van der Waals surface area contributed by atoms with Crippen LogP contribution in [-0.2, 0) is 0 Å². The fraction of sp³-hybridized carbons (Fsp3) is 0. The first-order chi connectivity index (χ1) is 3.72. The Morgan fingerprint density at radius 3 is 2.25 bits per heavy atom. The Morgan fingerprint density at radius 1 is 1.50 bits per heavy atom. The third-order valence-corrected chi connectivity index (χ3v) is 0.749. The van der Waals surface area contributed by atoms with E-state index < -0.39 is 11.6 Å². The second kappa shape index (κ2) is 1.29. The Balaban J connectivity index is 3.19. The van der Waals surface area contributed by atoms with E-state index in [-0.39, 0.29) is 5.82 Å². The zero-order valence-electron chi connectivity index (χ0n) is 3.92. The standard InChI is InChI=1S/C3H5N3O2/c4-2-1(7)3(8)6-5-2/h7H,(H4,4,5,6,8). The van der Waals surface area contributed by atoms with Crippen LogP contribution in [0.15, 0.2) is 0 Å². The number of hydrogen-bond acceptors (Lipinski definition) is 4. The van der Waals surface area contributed by atoms with Gasteiger partial charge in [0.05, 0.1) is 0 Å². The van der Waals surface area contributed by atoms with Crippen LogP contribution in [0.25, 0.3) is 0 Å². The summed E-state index contributed by atoms with van der Waals surface area (Å²) < 4.78 is 0. The topological polar surface area (TPSA) is 95.2 Å². The van der Waals surface area contributed by atoms with Crippen molar-refractivity contribution in [1.29, 1.82) is 0 Å². The van der Waals surface area contributed by atoms with Crippen molar-refractivity contribution in [2.45, 2.75) is 0 Å². The van der Waals surface area contributed by atoms with Gasteiger partial charge in [-0.25, -0.2) is 0 Å². The van der Waals surface area contributed by atoms with Crippen molar-refractivity contribution in [1.82, 2.24) is 10.2 Å². The van der Waals surface area contributed by atoms with Gasteiger partial charge >= 0.3 is 0 Å². The lowest BCUT2D eigenvalue weighted by Gasteiger charge is -1.82. The third kappa shape index (κ3) is 0.446. The summed E-state index contributed by atoms with van der Waals surface area (Å²) in [6, 6.07) is 0. The first-order valence-corrected chi connectivity index (χ1v) is 1.93. The molecule has 5 N–H and O–H groups in total. The van der Waals surface area contributed by atoms with E-state index in [0.29, 0.717) is 0 Å². The number of H-pyrrole nitrogens is 1. The van der Waals surface area contributed by atoms with Crippen molar-refractivity contribution in [2.24, 2.45) is 0 Å². The maximum absolute atomic E-state index is 8.58. The summed E-state index contributed by atoms with van der Waals surface area (Å²) in [5, 5.41) is 22.4. The maximum atomic E-state index is 8.58. The van der Waals surface area contributed by atoms with E-state index in [0.717, 1.165) is 0 Å². The van der Waals surface area contributed by atoms with Crippen molar-refractivity contribution in [3.63, 3.8) is 0 Å². The number of anilines is 1. The Bertz CT molecular complexity index is 175. The van der Waals surface area contributed by atoms with Gasteiger partial charge in [-0.3, -0.25) is 5.10 Å². The lowest BCUT2D eigenvalue weighted by molar-refractivity contribution is 0.395. The van der Waals surface area contributed by atoms with Gasteiger partial charge in [-0.05, 0) is 0 Å². The molecule has 0 saturated carbocycles. The highest BCUT2D eigenvalue weighted by Crippen LogP contribution is 2.25. The maximum Gasteiger partial charge on any atom is 0.275 e. The molecule has 5 heteroatoms. The smallest absolute Gasteiger partial charge is 0.275 e. The molecular formula is C3H5N3O2. The molecule has 1 heterocycles. The van der Waals surface area contributed by atoms with Gasteiger partial charge in [0.25, 0.3) is 5.88 Å². The van der Waals surface area contributed by atoms with Crippen LogP contribution in [0.5, 0.6) is 11.6 Å². The summed E-state index contributed by atoms with van der Waals surface area (Å²) in [4.78, 5) is 0. The first-order valence-electron chi connectivity index (χ1n) is 1.93. The number of aromatic hydroxyl groups is 2. The molecule has 0 bridgehead atoms. The number of nitrogens with zero attached hydrogens (tertiary/aromatic N) is 1. The Morgan fingerprint density at radius 2 is 2.12 bits per heavy atom. The van der Waals surface area contributed by atoms with E-state index in [1.165, 1.54) is 0 Å². The first kappa shape index (κ1) is 4.76. The molecule has 1 aromatic heterocycles. The highest BCUT2D eigenvalue weighted by atomic mass is 16.3. The van der Waals surface area contributed by atoms with Crippen LogP contribution in [0.4, 0.5) is 5.82 Å². The predicted molar refractivity (Wildman–Crippen MR) is 26.3 cm³/mol. The van der Waals surface area contributed by atoms with Crippen LogP contribution in [0.2, 0.25) is 0 Å². The number of nitrogens with two attached hydrogens (primary N) is 1. The minimum absolute atomic E-state index is 0.0255. The number of aromatic amines is 1. The lowest BCUT2D eigenvalue weighted by atomic mass is 10.6. The largest absolute Gasteiger partial charge is 0.501 e. The average Bonchev–Trinajstić information content (AvgIpc) is 1.98. The molecule has 0 spiro atoms.